The van der Waals surface area contributed by atoms with E-state index in [0.717, 1.165) is 11.3 Å². The number of thioether (sulfide) groups is 1. The second-order valence-electron chi connectivity index (χ2n) is 5.38. The Morgan fingerprint density at radius 1 is 1.31 bits per heavy atom. The molecule has 3 aromatic rings. The first-order valence-electron chi connectivity index (χ1n) is 8.05. The number of halogens is 1. The molecule has 0 N–H and O–H groups in total. The minimum Gasteiger partial charge on any atom is -0.465 e. The number of pyridine rings is 1. The Morgan fingerprint density at radius 3 is 2.85 bits per heavy atom. The molecule has 1 atom stereocenters. The summed E-state index contributed by atoms with van der Waals surface area (Å²) in [7, 11) is 0. The van der Waals surface area contributed by atoms with Crippen LogP contribution >= 0.6 is 23.4 Å². The normalized spacial score (nSPS) is 12.0. The van der Waals surface area contributed by atoms with Gasteiger partial charge in [0.15, 0.2) is 11.0 Å². The zero-order chi connectivity index (χ0) is 18.5. The van der Waals surface area contributed by atoms with Gasteiger partial charge in [-0.3, -0.25) is 14.3 Å². The number of ether oxygens (including phenoxy) is 1. The molecule has 0 saturated heterocycles. The lowest BCUT2D eigenvalue weighted by molar-refractivity contribution is -0.142. The first-order chi connectivity index (χ1) is 12.6. The lowest BCUT2D eigenvalue weighted by atomic mass is 10.2. The van der Waals surface area contributed by atoms with Crippen molar-refractivity contribution in [3.8, 4) is 17.1 Å². The molecule has 0 radical (unpaired) electrons. The molecule has 0 amide bonds. The van der Waals surface area contributed by atoms with Crippen molar-refractivity contribution in [2.75, 3.05) is 6.61 Å². The van der Waals surface area contributed by atoms with Gasteiger partial charge in [0.25, 0.3) is 0 Å². The molecule has 8 heteroatoms. The lowest BCUT2D eigenvalue weighted by Gasteiger charge is -2.13. The SMILES string of the molecule is CCOC(=O)[C@H](C)Sc1nnc(-c2cccnc2)n1-c1cccc(Cl)c1. The van der Waals surface area contributed by atoms with E-state index in [1.165, 1.54) is 11.8 Å². The summed E-state index contributed by atoms with van der Waals surface area (Å²) in [6, 6.07) is 11.1. The molecule has 2 heterocycles. The molecule has 0 unspecified atom stereocenters. The Kier molecular flexibility index (Phi) is 5.90. The third kappa shape index (κ3) is 4.05. The molecule has 2 aromatic heterocycles. The van der Waals surface area contributed by atoms with Gasteiger partial charge in [0, 0.05) is 23.0 Å². The van der Waals surface area contributed by atoms with Gasteiger partial charge in [-0.1, -0.05) is 29.4 Å². The van der Waals surface area contributed by atoms with Crippen LogP contribution in [0, 0.1) is 0 Å². The average Bonchev–Trinajstić information content (AvgIpc) is 3.06. The lowest BCUT2D eigenvalue weighted by Crippen LogP contribution is -2.17. The zero-order valence-electron chi connectivity index (χ0n) is 14.3. The third-order valence-corrected chi connectivity index (χ3v) is 4.78. The summed E-state index contributed by atoms with van der Waals surface area (Å²) in [4.78, 5) is 16.1. The number of carbonyl (C=O) groups is 1. The van der Waals surface area contributed by atoms with E-state index in [1.807, 2.05) is 34.9 Å². The Morgan fingerprint density at radius 2 is 2.15 bits per heavy atom. The van der Waals surface area contributed by atoms with Crippen molar-refractivity contribution in [2.24, 2.45) is 0 Å². The van der Waals surface area contributed by atoms with Crippen LogP contribution in [0.4, 0.5) is 0 Å². The largest absolute Gasteiger partial charge is 0.465 e. The maximum atomic E-state index is 12.0. The highest BCUT2D eigenvalue weighted by atomic mass is 35.5. The smallest absolute Gasteiger partial charge is 0.319 e. The molecule has 3 rings (SSSR count). The molecular formula is C18H17ClN4O2S. The number of esters is 1. The minimum absolute atomic E-state index is 0.291. The number of carbonyl (C=O) groups excluding carboxylic acids is 1. The molecule has 0 aliphatic rings. The fourth-order valence-corrected chi connectivity index (χ4v) is 3.39. The molecule has 0 fully saturated rings. The van der Waals surface area contributed by atoms with E-state index in [2.05, 4.69) is 15.2 Å². The Balaban J connectivity index is 2.05. The average molecular weight is 389 g/mol. The number of hydrogen-bond donors (Lipinski definition) is 0. The maximum Gasteiger partial charge on any atom is 0.319 e. The van der Waals surface area contributed by atoms with Crippen LogP contribution in [0.3, 0.4) is 0 Å². The van der Waals surface area contributed by atoms with Gasteiger partial charge in [-0.25, -0.2) is 0 Å². The van der Waals surface area contributed by atoms with Gasteiger partial charge in [0.1, 0.15) is 5.25 Å². The molecule has 0 bridgehead atoms. The molecule has 26 heavy (non-hydrogen) atoms. The van der Waals surface area contributed by atoms with Gasteiger partial charge in [-0.15, -0.1) is 10.2 Å². The number of benzene rings is 1. The summed E-state index contributed by atoms with van der Waals surface area (Å²) in [6.07, 6.45) is 3.41. The number of aromatic nitrogens is 4. The maximum absolute atomic E-state index is 12.0. The van der Waals surface area contributed by atoms with Crippen LogP contribution in [-0.2, 0) is 9.53 Å². The van der Waals surface area contributed by atoms with Gasteiger partial charge in [-0.05, 0) is 44.2 Å². The van der Waals surface area contributed by atoms with E-state index in [-0.39, 0.29) is 5.97 Å². The molecule has 134 valence electrons. The summed E-state index contributed by atoms with van der Waals surface area (Å²) in [6.45, 7) is 3.90. The van der Waals surface area contributed by atoms with Crippen molar-refractivity contribution in [2.45, 2.75) is 24.3 Å². The van der Waals surface area contributed by atoms with Crippen molar-refractivity contribution >= 4 is 29.3 Å². The molecular weight excluding hydrogens is 372 g/mol. The van der Waals surface area contributed by atoms with Crippen LogP contribution in [0.15, 0.2) is 53.9 Å². The molecule has 0 aliphatic heterocycles. The van der Waals surface area contributed by atoms with Crippen LogP contribution in [0.5, 0.6) is 0 Å². The van der Waals surface area contributed by atoms with Crippen LogP contribution in [-0.4, -0.2) is 37.6 Å². The molecule has 1 aromatic carbocycles. The van der Waals surface area contributed by atoms with E-state index in [1.54, 1.807) is 32.3 Å². The van der Waals surface area contributed by atoms with Crippen molar-refractivity contribution in [1.29, 1.82) is 0 Å². The van der Waals surface area contributed by atoms with Crippen LogP contribution in [0.25, 0.3) is 17.1 Å². The molecule has 6 nitrogen and oxygen atoms in total. The summed E-state index contributed by atoms with van der Waals surface area (Å²) in [5.74, 6) is 0.333. The first kappa shape index (κ1) is 18.4. The van der Waals surface area contributed by atoms with Gasteiger partial charge in [0.05, 0.1) is 12.3 Å². The van der Waals surface area contributed by atoms with E-state index in [4.69, 9.17) is 16.3 Å². The Hall–Kier alpha value is -2.38. The topological polar surface area (TPSA) is 69.9 Å². The standard InChI is InChI=1S/C18H17ClN4O2S/c1-3-25-17(24)12(2)26-18-22-21-16(13-6-5-9-20-11-13)23(18)15-8-4-7-14(19)10-15/h4-12H,3H2,1-2H3/t12-/m0/s1. The highest BCUT2D eigenvalue weighted by Gasteiger charge is 2.22. The highest BCUT2D eigenvalue weighted by molar-refractivity contribution is 8.00. The van der Waals surface area contributed by atoms with Crippen molar-refractivity contribution in [1.82, 2.24) is 19.7 Å². The highest BCUT2D eigenvalue weighted by Crippen LogP contribution is 2.31. The second-order valence-corrected chi connectivity index (χ2v) is 7.12. The monoisotopic (exact) mass is 388 g/mol. The minimum atomic E-state index is -0.418. The van der Waals surface area contributed by atoms with Crippen LogP contribution in [0.1, 0.15) is 13.8 Å². The first-order valence-corrected chi connectivity index (χ1v) is 9.31. The predicted molar refractivity (Wildman–Crippen MR) is 102 cm³/mol. The number of hydrogen-bond acceptors (Lipinski definition) is 6. The van der Waals surface area contributed by atoms with Gasteiger partial charge in [0.2, 0.25) is 0 Å². The summed E-state index contributed by atoms with van der Waals surface area (Å²) in [5.41, 5.74) is 1.62. The van der Waals surface area contributed by atoms with E-state index in [0.29, 0.717) is 22.6 Å². The van der Waals surface area contributed by atoms with Crippen molar-refractivity contribution < 1.29 is 9.53 Å². The van der Waals surface area contributed by atoms with E-state index in [9.17, 15) is 4.79 Å². The Labute approximate surface area is 160 Å². The number of nitrogens with zero attached hydrogens (tertiary/aromatic N) is 4. The summed E-state index contributed by atoms with van der Waals surface area (Å²) >= 11 is 7.45. The van der Waals surface area contributed by atoms with Gasteiger partial charge < -0.3 is 4.74 Å². The molecule has 0 spiro atoms. The molecule has 0 saturated carbocycles. The van der Waals surface area contributed by atoms with Crippen LogP contribution < -0.4 is 0 Å². The molecule has 0 aliphatic carbocycles. The van der Waals surface area contributed by atoms with Crippen molar-refractivity contribution in [3.63, 3.8) is 0 Å². The quantitative estimate of drug-likeness (QED) is 0.469. The van der Waals surface area contributed by atoms with Crippen molar-refractivity contribution in [3.05, 3.63) is 53.8 Å². The van der Waals surface area contributed by atoms with Crippen LogP contribution in [0.2, 0.25) is 5.02 Å². The summed E-state index contributed by atoms with van der Waals surface area (Å²) in [5, 5.41) is 9.34. The zero-order valence-corrected chi connectivity index (χ0v) is 15.9. The fraction of sp³-hybridized carbons (Fsp3) is 0.222. The Bertz CT molecular complexity index is 901. The predicted octanol–water partition coefficient (Wildman–Crippen LogP) is 4.03. The van der Waals surface area contributed by atoms with E-state index >= 15 is 0 Å². The fourth-order valence-electron chi connectivity index (χ4n) is 2.34. The van der Waals surface area contributed by atoms with Gasteiger partial charge in [-0.2, -0.15) is 0 Å². The van der Waals surface area contributed by atoms with E-state index < -0.39 is 5.25 Å². The third-order valence-electron chi connectivity index (χ3n) is 3.52. The number of rotatable bonds is 6. The summed E-state index contributed by atoms with van der Waals surface area (Å²) < 4.78 is 6.95. The van der Waals surface area contributed by atoms with Gasteiger partial charge >= 0.3 is 5.97 Å². The second kappa shape index (κ2) is 8.33.